The van der Waals surface area contributed by atoms with Crippen LogP contribution in [-0.2, 0) is 0 Å². The van der Waals surface area contributed by atoms with Gasteiger partial charge in [-0.3, -0.25) is 4.79 Å². The maximum absolute atomic E-state index is 12.3. The number of halogens is 2. The highest BCUT2D eigenvalue weighted by Gasteiger charge is 2.27. The van der Waals surface area contributed by atoms with E-state index in [4.69, 9.17) is 16.9 Å². The lowest BCUT2D eigenvalue weighted by molar-refractivity contribution is 0.0670. The molecule has 1 aliphatic heterocycles. The van der Waals surface area contributed by atoms with Gasteiger partial charge in [0.15, 0.2) is 0 Å². The van der Waals surface area contributed by atoms with E-state index >= 15 is 0 Å². The molecule has 1 saturated heterocycles. The van der Waals surface area contributed by atoms with Crippen LogP contribution in [0.3, 0.4) is 0 Å². The first-order valence-corrected chi connectivity index (χ1v) is 6.96. The zero-order chi connectivity index (χ0) is 13.1. The molecule has 0 N–H and O–H groups in total. The molecule has 1 aromatic rings. The van der Waals surface area contributed by atoms with E-state index in [0.717, 1.165) is 23.7 Å². The van der Waals surface area contributed by atoms with Gasteiger partial charge in [-0.05, 0) is 53.4 Å². The molecular weight excluding hydrogens is 316 g/mol. The highest BCUT2D eigenvalue weighted by molar-refractivity contribution is 9.10. The lowest BCUT2D eigenvalue weighted by Gasteiger charge is -2.31. The molecule has 1 atom stereocenters. The van der Waals surface area contributed by atoms with E-state index in [2.05, 4.69) is 22.0 Å². The second kappa shape index (κ2) is 5.73. The van der Waals surface area contributed by atoms with Gasteiger partial charge in [-0.25, -0.2) is 0 Å². The van der Waals surface area contributed by atoms with Crippen LogP contribution in [0.4, 0.5) is 0 Å². The van der Waals surface area contributed by atoms with Crippen molar-refractivity contribution in [2.75, 3.05) is 6.54 Å². The van der Waals surface area contributed by atoms with Crippen molar-refractivity contribution in [2.45, 2.75) is 25.3 Å². The second-order valence-corrected chi connectivity index (χ2v) is 5.53. The van der Waals surface area contributed by atoms with Crippen LogP contribution in [0.1, 0.15) is 29.6 Å². The van der Waals surface area contributed by atoms with Crippen LogP contribution in [0.25, 0.3) is 0 Å². The Balaban J connectivity index is 2.24. The zero-order valence-electron chi connectivity index (χ0n) is 9.70. The molecular formula is C13H12BrClN2O. The average Bonchev–Trinajstić information content (AvgIpc) is 2.41. The Morgan fingerprint density at radius 3 is 2.94 bits per heavy atom. The number of nitriles is 1. The molecule has 0 bridgehead atoms. The van der Waals surface area contributed by atoms with Gasteiger partial charge >= 0.3 is 0 Å². The van der Waals surface area contributed by atoms with Gasteiger partial charge in [-0.15, -0.1) is 0 Å². The summed E-state index contributed by atoms with van der Waals surface area (Å²) in [7, 11) is 0. The van der Waals surface area contributed by atoms with E-state index in [1.807, 2.05) is 0 Å². The van der Waals surface area contributed by atoms with Crippen LogP contribution in [-0.4, -0.2) is 23.4 Å². The average molecular weight is 328 g/mol. The molecule has 0 aromatic heterocycles. The maximum atomic E-state index is 12.3. The summed E-state index contributed by atoms with van der Waals surface area (Å²) in [6.07, 6.45) is 2.71. The Labute approximate surface area is 119 Å². The molecule has 0 saturated carbocycles. The molecule has 18 heavy (non-hydrogen) atoms. The van der Waals surface area contributed by atoms with Crippen molar-refractivity contribution in [1.82, 2.24) is 4.90 Å². The minimum absolute atomic E-state index is 0.115. The van der Waals surface area contributed by atoms with Crippen LogP contribution < -0.4 is 0 Å². The molecule has 1 fully saturated rings. The van der Waals surface area contributed by atoms with Gasteiger partial charge in [0, 0.05) is 16.6 Å². The summed E-state index contributed by atoms with van der Waals surface area (Å²) in [5.41, 5.74) is 0.533. The number of carbonyl (C=O) groups is 1. The summed E-state index contributed by atoms with van der Waals surface area (Å²) in [6.45, 7) is 0.644. The lowest BCUT2D eigenvalue weighted by atomic mass is 10.0. The number of rotatable bonds is 1. The normalized spacial score (nSPS) is 19.4. The number of amides is 1. The van der Waals surface area contributed by atoms with Crippen LogP contribution in [0, 0.1) is 11.3 Å². The van der Waals surface area contributed by atoms with Gasteiger partial charge in [0.2, 0.25) is 0 Å². The quantitative estimate of drug-likeness (QED) is 0.790. The molecule has 0 spiro atoms. The number of likely N-dealkylation sites (tertiary alicyclic amines) is 1. The fourth-order valence-corrected chi connectivity index (χ4v) is 2.53. The molecule has 5 heteroatoms. The number of piperidine rings is 1. The molecule has 1 amide bonds. The summed E-state index contributed by atoms with van der Waals surface area (Å²) in [5.74, 6) is -0.115. The van der Waals surface area contributed by atoms with Crippen molar-refractivity contribution in [1.29, 1.82) is 5.26 Å². The first-order chi connectivity index (χ1) is 8.63. The van der Waals surface area contributed by atoms with E-state index in [1.165, 1.54) is 0 Å². The minimum atomic E-state index is -0.311. The van der Waals surface area contributed by atoms with Crippen LogP contribution in [0.2, 0.25) is 5.02 Å². The van der Waals surface area contributed by atoms with Crippen molar-refractivity contribution in [3.8, 4) is 6.07 Å². The third kappa shape index (κ3) is 2.68. The minimum Gasteiger partial charge on any atom is -0.323 e. The molecule has 3 nitrogen and oxygen atoms in total. The van der Waals surface area contributed by atoms with Crippen LogP contribution in [0.15, 0.2) is 22.7 Å². The Kier molecular flexibility index (Phi) is 4.26. The Morgan fingerprint density at radius 1 is 1.50 bits per heavy atom. The number of hydrogen-bond acceptors (Lipinski definition) is 2. The zero-order valence-corrected chi connectivity index (χ0v) is 12.0. The number of carbonyl (C=O) groups excluding carboxylic acids is 1. The van der Waals surface area contributed by atoms with Gasteiger partial charge < -0.3 is 4.90 Å². The molecule has 94 valence electrons. The SMILES string of the molecule is N#CC1CCCCN1C(=O)c1ccc(Br)c(Cl)c1. The summed E-state index contributed by atoms with van der Waals surface area (Å²) in [5, 5.41) is 9.58. The van der Waals surface area contributed by atoms with Crippen molar-refractivity contribution < 1.29 is 4.79 Å². The van der Waals surface area contributed by atoms with Gasteiger partial charge in [-0.2, -0.15) is 5.26 Å². The Hall–Kier alpha value is -1.05. The van der Waals surface area contributed by atoms with Gasteiger partial charge in [0.05, 0.1) is 11.1 Å². The van der Waals surface area contributed by atoms with Gasteiger partial charge in [-0.1, -0.05) is 11.6 Å². The van der Waals surface area contributed by atoms with Crippen molar-refractivity contribution in [2.24, 2.45) is 0 Å². The fourth-order valence-electron chi connectivity index (χ4n) is 2.10. The third-order valence-electron chi connectivity index (χ3n) is 3.08. The first-order valence-electron chi connectivity index (χ1n) is 5.79. The highest BCUT2D eigenvalue weighted by atomic mass is 79.9. The topological polar surface area (TPSA) is 44.1 Å². The van der Waals surface area contributed by atoms with E-state index in [1.54, 1.807) is 23.1 Å². The third-order valence-corrected chi connectivity index (χ3v) is 4.31. The van der Waals surface area contributed by atoms with Crippen LogP contribution >= 0.6 is 27.5 Å². The second-order valence-electron chi connectivity index (χ2n) is 4.27. The Morgan fingerprint density at radius 2 is 2.28 bits per heavy atom. The largest absolute Gasteiger partial charge is 0.323 e. The summed E-state index contributed by atoms with van der Waals surface area (Å²) in [4.78, 5) is 14.0. The number of benzene rings is 1. The maximum Gasteiger partial charge on any atom is 0.254 e. The van der Waals surface area contributed by atoms with Gasteiger partial charge in [0.25, 0.3) is 5.91 Å². The van der Waals surface area contributed by atoms with Crippen molar-refractivity contribution in [3.05, 3.63) is 33.3 Å². The van der Waals surface area contributed by atoms with E-state index in [0.29, 0.717) is 17.1 Å². The summed E-state index contributed by atoms with van der Waals surface area (Å²) >= 11 is 9.28. The van der Waals surface area contributed by atoms with Crippen molar-refractivity contribution >= 4 is 33.4 Å². The molecule has 1 heterocycles. The molecule has 1 aromatic carbocycles. The predicted molar refractivity (Wildman–Crippen MR) is 73.4 cm³/mol. The van der Waals surface area contributed by atoms with Crippen LogP contribution in [0.5, 0.6) is 0 Å². The Bertz CT molecular complexity index is 512. The molecule has 0 aliphatic carbocycles. The number of nitrogens with zero attached hydrogens (tertiary/aromatic N) is 2. The van der Waals surface area contributed by atoms with E-state index < -0.39 is 0 Å². The summed E-state index contributed by atoms with van der Waals surface area (Å²) in [6, 6.07) is 6.99. The molecule has 2 rings (SSSR count). The first kappa shape index (κ1) is 13.4. The van der Waals surface area contributed by atoms with Gasteiger partial charge in [0.1, 0.15) is 6.04 Å². The predicted octanol–water partition coefficient (Wildman–Crippen LogP) is 3.62. The van der Waals surface area contributed by atoms with E-state index in [-0.39, 0.29) is 11.9 Å². The molecule has 1 aliphatic rings. The fraction of sp³-hybridized carbons (Fsp3) is 0.385. The molecule has 1 unspecified atom stereocenters. The smallest absolute Gasteiger partial charge is 0.254 e. The highest BCUT2D eigenvalue weighted by Crippen LogP contribution is 2.25. The van der Waals surface area contributed by atoms with Crippen molar-refractivity contribution in [3.63, 3.8) is 0 Å². The summed E-state index contributed by atoms with van der Waals surface area (Å²) < 4.78 is 0.760. The van der Waals surface area contributed by atoms with E-state index in [9.17, 15) is 4.79 Å². The molecule has 0 radical (unpaired) electrons. The standard InChI is InChI=1S/C13H12BrClN2O/c14-11-5-4-9(7-12(11)15)13(18)17-6-2-1-3-10(17)8-16/h4-5,7,10H,1-3,6H2. The number of hydrogen-bond donors (Lipinski definition) is 0. The monoisotopic (exact) mass is 326 g/mol. The lowest BCUT2D eigenvalue weighted by Crippen LogP contribution is -2.42.